The molecule has 0 amide bonds. The number of aromatic nitrogens is 6. The van der Waals surface area contributed by atoms with Gasteiger partial charge in [-0.15, -0.1) is 5.10 Å². The van der Waals surface area contributed by atoms with Gasteiger partial charge in [0.1, 0.15) is 12.0 Å². The van der Waals surface area contributed by atoms with Crippen LogP contribution in [-0.4, -0.2) is 74.0 Å². The van der Waals surface area contributed by atoms with Crippen molar-refractivity contribution < 1.29 is 13.2 Å². The van der Waals surface area contributed by atoms with Crippen molar-refractivity contribution in [3.63, 3.8) is 0 Å². The van der Waals surface area contributed by atoms with Crippen molar-refractivity contribution in [1.82, 2.24) is 34.1 Å². The molecule has 0 radical (unpaired) electrons. The molecule has 156 valence electrons. The number of rotatable bonds is 6. The summed E-state index contributed by atoms with van der Waals surface area (Å²) in [7, 11) is -3.15. The molecule has 0 spiro atoms. The van der Waals surface area contributed by atoms with Crippen molar-refractivity contribution in [2.24, 2.45) is 0 Å². The van der Waals surface area contributed by atoms with E-state index in [9.17, 15) is 8.42 Å². The van der Waals surface area contributed by atoms with Crippen LogP contribution in [0.1, 0.15) is 26.7 Å². The van der Waals surface area contributed by atoms with E-state index in [-0.39, 0.29) is 12.1 Å². The molecule has 1 fully saturated rings. The molecule has 0 aliphatic carbocycles. The Kier molecular flexibility index (Phi) is 5.13. The summed E-state index contributed by atoms with van der Waals surface area (Å²) in [5, 5.41) is 14.5. The van der Waals surface area contributed by atoms with E-state index in [0.29, 0.717) is 49.0 Å². The van der Waals surface area contributed by atoms with Crippen molar-refractivity contribution in [3.8, 4) is 17.0 Å². The molecular weight excluding hydrogens is 396 g/mol. The second-order valence-electron chi connectivity index (χ2n) is 7.36. The average Bonchev–Trinajstić information content (AvgIpc) is 3.31. The maximum atomic E-state index is 11.7. The summed E-state index contributed by atoms with van der Waals surface area (Å²) in [6.07, 6.45) is 7.57. The largest absolute Gasteiger partial charge is 0.485 e. The number of hydrogen-bond donors (Lipinski definition) is 2. The Morgan fingerprint density at radius 1 is 1.31 bits per heavy atom. The fraction of sp³-hybridized carbons (Fsp3) is 0.529. The summed E-state index contributed by atoms with van der Waals surface area (Å²) in [4.78, 5) is 9.09. The maximum Gasteiger partial charge on any atom is 0.243 e. The molecule has 0 atom stereocenters. The van der Waals surface area contributed by atoms with Crippen LogP contribution in [0.15, 0.2) is 18.7 Å². The first-order chi connectivity index (χ1) is 13.8. The van der Waals surface area contributed by atoms with Gasteiger partial charge in [-0.25, -0.2) is 17.7 Å². The fourth-order valence-electron chi connectivity index (χ4n) is 3.34. The second-order valence-corrected chi connectivity index (χ2v) is 9.34. The van der Waals surface area contributed by atoms with Crippen molar-refractivity contribution >= 4 is 21.6 Å². The first kappa shape index (κ1) is 19.6. The van der Waals surface area contributed by atoms with Gasteiger partial charge in [0.05, 0.1) is 18.6 Å². The lowest BCUT2D eigenvalue weighted by Gasteiger charge is -2.30. The summed E-state index contributed by atoms with van der Waals surface area (Å²) in [6, 6.07) is 0.0983. The Morgan fingerprint density at radius 2 is 2.07 bits per heavy atom. The van der Waals surface area contributed by atoms with Crippen LogP contribution in [0.4, 0.5) is 5.95 Å². The minimum atomic E-state index is -3.15. The number of sulfonamides is 1. The first-order valence-electron chi connectivity index (χ1n) is 9.44. The normalized spacial score (nSPS) is 16.6. The van der Waals surface area contributed by atoms with Gasteiger partial charge < -0.3 is 10.1 Å². The molecule has 1 aliphatic rings. The van der Waals surface area contributed by atoms with Gasteiger partial charge in [-0.05, 0) is 26.7 Å². The molecule has 12 heteroatoms. The average molecular weight is 420 g/mol. The second kappa shape index (κ2) is 7.59. The highest BCUT2D eigenvalue weighted by Crippen LogP contribution is 2.32. The van der Waals surface area contributed by atoms with Crippen LogP contribution < -0.4 is 10.1 Å². The Balaban J connectivity index is 1.59. The molecule has 0 saturated carbocycles. The molecule has 0 unspecified atom stereocenters. The lowest BCUT2D eigenvalue weighted by atomic mass is 10.1. The number of piperidine rings is 1. The highest BCUT2D eigenvalue weighted by atomic mass is 32.2. The predicted octanol–water partition coefficient (Wildman–Crippen LogP) is 1.14. The molecule has 11 nitrogen and oxygen atoms in total. The number of ether oxygens (including phenoxy) is 1. The summed E-state index contributed by atoms with van der Waals surface area (Å²) < 4.78 is 32.4. The number of aromatic amines is 1. The van der Waals surface area contributed by atoms with Crippen molar-refractivity contribution in [2.75, 3.05) is 24.7 Å². The molecule has 1 saturated heterocycles. The quantitative estimate of drug-likeness (QED) is 0.607. The number of H-pyrrole nitrogens is 1. The smallest absolute Gasteiger partial charge is 0.243 e. The Bertz CT molecular complexity index is 1090. The first-order valence-corrected chi connectivity index (χ1v) is 11.3. The zero-order valence-corrected chi connectivity index (χ0v) is 17.3. The van der Waals surface area contributed by atoms with Crippen LogP contribution in [0.5, 0.6) is 5.75 Å². The van der Waals surface area contributed by atoms with Crippen molar-refractivity contribution in [1.29, 1.82) is 0 Å². The minimum Gasteiger partial charge on any atom is -0.485 e. The fourth-order valence-corrected chi connectivity index (χ4v) is 4.22. The van der Waals surface area contributed by atoms with Crippen LogP contribution >= 0.6 is 0 Å². The molecule has 2 N–H and O–H groups in total. The molecule has 3 aromatic heterocycles. The Morgan fingerprint density at radius 3 is 2.69 bits per heavy atom. The molecular formula is C17H24N8O3S. The zero-order chi connectivity index (χ0) is 20.6. The minimum absolute atomic E-state index is 0.0675. The maximum absolute atomic E-state index is 11.7. The summed E-state index contributed by atoms with van der Waals surface area (Å²) in [6.45, 7) is 4.84. The van der Waals surface area contributed by atoms with Gasteiger partial charge in [0.2, 0.25) is 21.6 Å². The molecule has 4 heterocycles. The third kappa shape index (κ3) is 4.17. The van der Waals surface area contributed by atoms with Crippen molar-refractivity contribution in [2.45, 2.75) is 38.8 Å². The number of hydrogen-bond acceptors (Lipinski definition) is 8. The van der Waals surface area contributed by atoms with E-state index in [1.54, 1.807) is 23.2 Å². The van der Waals surface area contributed by atoms with Crippen molar-refractivity contribution in [3.05, 3.63) is 18.7 Å². The van der Waals surface area contributed by atoms with Crippen LogP contribution in [0.2, 0.25) is 0 Å². The number of nitrogens with one attached hydrogen (secondary N) is 2. The third-order valence-corrected chi connectivity index (χ3v) is 6.03. The van der Waals surface area contributed by atoms with Gasteiger partial charge in [-0.1, -0.05) is 0 Å². The van der Waals surface area contributed by atoms with Gasteiger partial charge in [-0.2, -0.15) is 14.6 Å². The summed E-state index contributed by atoms with van der Waals surface area (Å²) in [5.74, 6) is 0.999. The lowest BCUT2D eigenvalue weighted by Crippen LogP contribution is -2.41. The monoisotopic (exact) mass is 420 g/mol. The molecule has 3 aromatic rings. The van der Waals surface area contributed by atoms with Gasteiger partial charge in [0.25, 0.3) is 0 Å². The molecule has 29 heavy (non-hydrogen) atoms. The topological polar surface area (TPSA) is 130 Å². The SMILES string of the molecule is CC(C)Oc1c(-c2cn[nH]c2)ncn2nc(NC3CCN(S(C)(=O)=O)CC3)nc12. The van der Waals surface area contributed by atoms with E-state index in [1.165, 1.54) is 10.6 Å². The Labute approximate surface area is 168 Å². The van der Waals surface area contributed by atoms with Crippen LogP contribution in [0.25, 0.3) is 16.9 Å². The molecule has 1 aliphatic heterocycles. The number of nitrogens with zero attached hydrogens (tertiary/aromatic N) is 6. The number of anilines is 1. The zero-order valence-electron chi connectivity index (χ0n) is 16.5. The van der Waals surface area contributed by atoms with E-state index in [0.717, 1.165) is 5.56 Å². The van der Waals surface area contributed by atoms with Crippen LogP contribution in [-0.2, 0) is 10.0 Å². The predicted molar refractivity (Wildman–Crippen MR) is 107 cm³/mol. The highest BCUT2D eigenvalue weighted by molar-refractivity contribution is 7.88. The molecule has 0 bridgehead atoms. The van der Waals surface area contributed by atoms with Gasteiger partial charge >= 0.3 is 0 Å². The summed E-state index contributed by atoms with van der Waals surface area (Å²) in [5.41, 5.74) is 2.00. The third-order valence-electron chi connectivity index (χ3n) is 4.73. The molecule has 4 rings (SSSR count). The highest BCUT2D eigenvalue weighted by Gasteiger charge is 2.26. The van der Waals surface area contributed by atoms with Gasteiger partial charge in [0, 0.05) is 30.9 Å². The number of fused-ring (bicyclic) bond motifs is 1. The van der Waals surface area contributed by atoms with E-state index in [2.05, 4.69) is 30.6 Å². The lowest BCUT2D eigenvalue weighted by molar-refractivity contribution is 0.244. The standard InChI is InChI=1S/C17H24N8O3S/c1-11(2)28-15-14(12-8-19-20-9-12)18-10-25-16(15)22-17(23-25)21-13-4-6-24(7-5-13)29(3,26)27/h8-11,13H,4-7H2,1-3H3,(H,19,20)(H,21,23). The van der Waals surface area contributed by atoms with E-state index >= 15 is 0 Å². The summed E-state index contributed by atoms with van der Waals surface area (Å²) >= 11 is 0. The van der Waals surface area contributed by atoms with Gasteiger partial charge in [-0.3, -0.25) is 5.10 Å². The van der Waals surface area contributed by atoms with Crippen LogP contribution in [0, 0.1) is 0 Å². The van der Waals surface area contributed by atoms with E-state index < -0.39 is 10.0 Å². The van der Waals surface area contributed by atoms with E-state index in [4.69, 9.17) is 4.74 Å². The van der Waals surface area contributed by atoms with Gasteiger partial charge in [0.15, 0.2) is 5.75 Å². The van der Waals surface area contributed by atoms with E-state index in [1.807, 2.05) is 13.8 Å². The Hall–Kier alpha value is -2.73. The molecule has 0 aromatic carbocycles. The van der Waals surface area contributed by atoms with Crippen LogP contribution in [0.3, 0.4) is 0 Å².